The maximum absolute atomic E-state index is 9.52. The maximum Gasteiger partial charge on any atom is 0.253 e. The molecule has 1 aliphatic heterocycles. The highest BCUT2D eigenvalue weighted by Gasteiger charge is 2.16. The molecule has 0 bridgehead atoms. The lowest BCUT2D eigenvalue weighted by Gasteiger charge is -2.11. The standard InChI is InChI=1S/C10H12N6O/c11-8-5-4-7(10(12)13-8)14-15-9-3-1-2-6-16(9)17/h1-6,9,17H,(H4,11,12,13)/p+1. The predicted molar refractivity (Wildman–Crippen MR) is 62.4 cm³/mol. The molecular formula is C10H13N6O+. The summed E-state index contributed by atoms with van der Waals surface area (Å²) in [6, 6.07) is 3.21. The largest absolute Gasteiger partial charge is 0.384 e. The molecule has 0 aromatic carbocycles. The molecule has 17 heavy (non-hydrogen) atoms. The third kappa shape index (κ3) is 2.65. The van der Waals surface area contributed by atoms with Crippen molar-refractivity contribution in [3.05, 3.63) is 36.6 Å². The molecule has 2 unspecified atom stereocenters. The Morgan fingerprint density at radius 3 is 2.82 bits per heavy atom. The number of hydroxylamine groups is 2. The van der Waals surface area contributed by atoms with E-state index < -0.39 is 6.17 Å². The van der Waals surface area contributed by atoms with Gasteiger partial charge in [-0.05, 0) is 18.2 Å². The normalized spacial score (nSPS) is 23.4. The highest BCUT2D eigenvalue weighted by molar-refractivity contribution is 5.59. The summed E-state index contributed by atoms with van der Waals surface area (Å²) in [5, 5.41) is 17.6. The zero-order chi connectivity index (χ0) is 12.3. The molecule has 0 spiro atoms. The molecule has 7 heteroatoms. The average molecular weight is 233 g/mol. The van der Waals surface area contributed by atoms with Crippen molar-refractivity contribution in [1.29, 1.82) is 0 Å². The first-order valence-electron chi connectivity index (χ1n) is 5.00. The summed E-state index contributed by atoms with van der Waals surface area (Å²) in [7, 11) is 0. The van der Waals surface area contributed by atoms with E-state index in [-0.39, 0.29) is 10.9 Å². The first kappa shape index (κ1) is 11.2. The number of aromatic nitrogens is 1. The van der Waals surface area contributed by atoms with E-state index in [0.717, 1.165) is 0 Å². The van der Waals surface area contributed by atoms with Crippen molar-refractivity contribution in [3.63, 3.8) is 0 Å². The van der Waals surface area contributed by atoms with Crippen LogP contribution in [0.5, 0.6) is 0 Å². The van der Waals surface area contributed by atoms with Crippen LogP contribution in [0.15, 0.2) is 46.8 Å². The smallest absolute Gasteiger partial charge is 0.253 e. The number of hydrogen-bond acceptors (Lipinski definition) is 6. The summed E-state index contributed by atoms with van der Waals surface area (Å²) in [4.78, 5) is 3.86. The van der Waals surface area contributed by atoms with Gasteiger partial charge >= 0.3 is 0 Å². The van der Waals surface area contributed by atoms with Crippen LogP contribution in [-0.4, -0.2) is 16.4 Å². The summed E-state index contributed by atoms with van der Waals surface area (Å²) in [5.74, 6) is 0.542. The van der Waals surface area contributed by atoms with Gasteiger partial charge in [0.25, 0.3) is 6.17 Å². The number of nitrogen functional groups attached to an aromatic ring is 2. The van der Waals surface area contributed by atoms with Crippen molar-refractivity contribution in [2.45, 2.75) is 6.17 Å². The first-order chi connectivity index (χ1) is 8.16. The molecule has 2 rings (SSSR count). The van der Waals surface area contributed by atoms with Gasteiger partial charge in [0.05, 0.1) is 0 Å². The number of pyridine rings is 1. The van der Waals surface area contributed by atoms with Gasteiger partial charge in [0, 0.05) is 6.08 Å². The van der Waals surface area contributed by atoms with E-state index in [1.54, 1.807) is 36.6 Å². The van der Waals surface area contributed by atoms with E-state index in [2.05, 4.69) is 15.2 Å². The lowest BCUT2D eigenvalue weighted by atomic mass is 10.3. The molecule has 0 saturated carbocycles. The van der Waals surface area contributed by atoms with Crippen LogP contribution >= 0.6 is 0 Å². The fourth-order valence-corrected chi connectivity index (χ4v) is 1.31. The number of hydrogen-bond donors (Lipinski definition) is 4. The summed E-state index contributed by atoms with van der Waals surface area (Å²) < 4.78 is 0. The Kier molecular flexibility index (Phi) is 3.12. The van der Waals surface area contributed by atoms with Gasteiger partial charge < -0.3 is 11.5 Å². The minimum Gasteiger partial charge on any atom is -0.384 e. The van der Waals surface area contributed by atoms with Crippen LogP contribution in [0, 0.1) is 0 Å². The zero-order valence-corrected chi connectivity index (χ0v) is 8.99. The Morgan fingerprint density at radius 2 is 2.12 bits per heavy atom. The highest BCUT2D eigenvalue weighted by atomic mass is 16.5. The first-order valence-corrected chi connectivity index (χ1v) is 5.00. The predicted octanol–water partition coefficient (Wildman–Crippen LogP) is 0.0134. The van der Waals surface area contributed by atoms with E-state index in [0.29, 0.717) is 11.5 Å². The molecular weight excluding hydrogens is 220 g/mol. The molecule has 0 saturated heterocycles. The molecule has 7 nitrogen and oxygen atoms in total. The van der Waals surface area contributed by atoms with Gasteiger partial charge in [-0.15, -0.1) is 15.3 Å². The molecule has 0 fully saturated rings. The fraction of sp³-hybridized carbons (Fsp3) is 0.100. The van der Waals surface area contributed by atoms with Crippen molar-refractivity contribution in [2.24, 2.45) is 10.2 Å². The number of nitrogens with two attached hydrogens (primary N) is 2. The molecule has 0 radical (unpaired) electrons. The van der Waals surface area contributed by atoms with Crippen LogP contribution < -0.4 is 16.5 Å². The zero-order valence-electron chi connectivity index (χ0n) is 8.99. The third-order valence-electron chi connectivity index (χ3n) is 2.19. The number of allylic oxidation sites excluding steroid dienone is 2. The average Bonchev–Trinajstić information content (AvgIpc) is 2.30. The van der Waals surface area contributed by atoms with Gasteiger partial charge in [-0.1, -0.05) is 6.08 Å². The highest BCUT2D eigenvalue weighted by Crippen LogP contribution is 2.21. The molecule has 6 N–H and O–H groups in total. The number of quaternary nitrogens is 1. The summed E-state index contributed by atoms with van der Waals surface area (Å²) in [6.07, 6.45) is 6.32. The van der Waals surface area contributed by atoms with Gasteiger partial charge in [0.1, 0.15) is 17.7 Å². The van der Waals surface area contributed by atoms with Crippen LogP contribution in [0.2, 0.25) is 0 Å². The molecule has 2 heterocycles. The van der Waals surface area contributed by atoms with Crippen LogP contribution in [0.3, 0.4) is 0 Å². The lowest BCUT2D eigenvalue weighted by Crippen LogP contribution is -3.09. The third-order valence-corrected chi connectivity index (χ3v) is 2.19. The number of anilines is 2. The van der Waals surface area contributed by atoms with Crippen molar-refractivity contribution < 1.29 is 10.3 Å². The molecule has 0 aliphatic carbocycles. The fourth-order valence-electron chi connectivity index (χ4n) is 1.31. The second-order valence-corrected chi connectivity index (χ2v) is 3.47. The van der Waals surface area contributed by atoms with Gasteiger partial charge in [-0.25, -0.2) is 10.2 Å². The van der Waals surface area contributed by atoms with Gasteiger partial charge in [-0.2, -0.15) is 0 Å². The Hall–Kier alpha value is -2.25. The minimum absolute atomic E-state index is 0.137. The van der Waals surface area contributed by atoms with Crippen molar-refractivity contribution in [3.8, 4) is 0 Å². The number of rotatable bonds is 2. The van der Waals surface area contributed by atoms with E-state index in [1.165, 1.54) is 0 Å². The van der Waals surface area contributed by atoms with Crippen molar-refractivity contribution in [2.75, 3.05) is 11.5 Å². The number of nitrogens with one attached hydrogen (secondary N) is 1. The Balaban J connectivity index is 2.15. The van der Waals surface area contributed by atoms with E-state index in [9.17, 15) is 5.21 Å². The van der Waals surface area contributed by atoms with Crippen LogP contribution in [0.25, 0.3) is 0 Å². The van der Waals surface area contributed by atoms with Crippen LogP contribution in [-0.2, 0) is 0 Å². The number of azo groups is 1. The second-order valence-electron chi connectivity index (χ2n) is 3.47. The minimum atomic E-state index is -0.475. The topological polar surface area (TPSA) is 114 Å². The Morgan fingerprint density at radius 1 is 1.29 bits per heavy atom. The number of nitrogens with zero attached hydrogens (tertiary/aromatic N) is 3. The van der Waals surface area contributed by atoms with Crippen LogP contribution in [0.1, 0.15) is 0 Å². The van der Waals surface area contributed by atoms with E-state index in [4.69, 9.17) is 11.5 Å². The summed E-state index contributed by atoms with van der Waals surface area (Å²) in [6.45, 7) is 0. The molecule has 1 aliphatic rings. The molecule has 88 valence electrons. The van der Waals surface area contributed by atoms with Gasteiger partial charge in [0.2, 0.25) is 0 Å². The Bertz CT molecular complexity index is 496. The second kappa shape index (κ2) is 4.73. The lowest BCUT2D eigenvalue weighted by molar-refractivity contribution is -1.06. The van der Waals surface area contributed by atoms with Gasteiger partial charge in [-0.3, -0.25) is 0 Å². The maximum atomic E-state index is 9.52. The molecule has 1 aromatic rings. The van der Waals surface area contributed by atoms with Crippen molar-refractivity contribution >= 4 is 17.3 Å². The molecule has 1 aromatic heterocycles. The summed E-state index contributed by atoms with van der Waals surface area (Å²) >= 11 is 0. The van der Waals surface area contributed by atoms with Gasteiger partial charge in [0.15, 0.2) is 5.82 Å². The van der Waals surface area contributed by atoms with E-state index >= 15 is 0 Å². The monoisotopic (exact) mass is 233 g/mol. The Labute approximate surface area is 97.7 Å². The summed E-state index contributed by atoms with van der Waals surface area (Å²) in [5.41, 5.74) is 11.5. The quantitative estimate of drug-likeness (QED) is 0.539. The SMILES string of the molecule is Nc1ccc(N=NC2C=CC=C[NH+]2O)c(N)n1. The van der Waals surface area contributed by atoms with Crippen LogP contribution in [0.4, 0.5) is 17.3 Å². The molecule has 0 amide bonds. The van der Waals surface area contributed by atoms with Crippen molar-refractivity contribution in [1.82, 2.24) is 4.98 Å². The molecule has 2 atom stereocenters. The van der Waals surface area contributed by atoms with E-state index in [1.807, 2.05) is 0 Å².